The second-order valence-electron chi connectivity index (χ2n) is 6.94. The SMILES string of the molecule is CCCCCCCCCCCCCCOc1cccc(C)c1C. The van der Waals surface area contributed by atoms with E-state index in [4.69, 9.17) is 4.74 Å². The molecule has 0 fully saturated rings. The molecule has 0 heterocycles. The Hall–Kier alpha value is -0.980. The van der Waals surface area contributed by atoms with Crippen molar-refractivity contribution in [1.29, 1.82) is 0 Å². The number of aryl methyl sites for hydroxylation is 1. The maximum Gasteiger partial charge on any atom is 0.122 e. The van der Waals surface area contributed by atoms with Crippen molar-refractivity contribution in [3.8, 4) is 5.75 Å². The second-order valence-corrected chi connectivity index (χ2v) is 6.94. The Bertz CT molecular complexity index is 397. The minimum absolute atomic E-state index is 0.863. The molecule has 23 heavy (non-hydrogen) atoms. The van der Waals surface area contributed by atoms with Gasteiger partial charge in [-0.3, -0.25) is 0 Å². The van der Waals surface area contributed by atoms with Gasteiger partial charge < -0.3 is 4.74 Å². The summed E-state index contributed by atoms with van der Waals surface area (Å²) in [6.07, 6.45) is 16.7. The zero-order valence-corrected chi connectivity index (χ0v) is 15.8. The van der Waals surface area contributed by atoms with E-state index in [-0.39, 0.29) is 0 Å². The average molecular weight is 319 g/mol. The predicted molar refractivity (Wildman–Crippen MR) is 102 cm³/mol. The van der Waals surface area contributed by atoms with E-state index in [0.717, 1.165) is 12.4 Å². The summed E-state index contributed by atoms with van der Waals surface area (Å²) in [6.45, 7) is 7.44. The summed E-state index contributed by atoms with van der Waals surface area (Å²) >= 11 is 0. The molecule has 1 aromatic carbocycles. The van der Waals surface area contributed by atoms with E-state index in [2.05, 4.69) is 39.0 Å². The summed E-state index contributed by atoms with van der Waals surface area (Å²) in [7, 11) is 0. The van der Waals surface area contributed by atoms with Crippen LogP contribution in [0.5, 0.6) is 5.75 Å². The molecule has 1 heteroatoms. The number of rotatable bonds is 14. The third kappa shape index (κ3) is 9.69. The van der Waals surface area contributed by atoms with Gasteiger partial charge in [0.05, 0.1) is 6.61 Å². The summed E-state index contributed by atoms with van der Waals surface area (Å²) in [5.74, 6) is 1.06. The molecule has 1 nitrogen and oxygen atoms in total. The van der Waals surface area contributed by atoms with E-state index in [1.165, 1.54) is 88.2 Å². The normalized spacial score (nSPS) is 10.9. The third-order valence-electron chi connectivity index (χ3n) is 4.81. The van der Waals surface area contributed by atoms with Crippen LogP contribution >= 0.6 is 0 Å². The lowest BCUT2D eigenvalue weighted by atomic mass is 10.1. The van der Waals surface area contributed by atoms with Crippen molar-refractivity contribution in [1.82, 2.24) is 0 Å². The van der Waals surface area contributed by atoms with Crippen LogP contribution in [0.25, 0.3) is 0 Å². The van der Waals surface area contributed by atoms with Gasteiger partial charge >= 0.3 is 0 Å². The lowest BCUT2D eigenvalue weighted by Gasteiger charge is -2.10. The molecule has 0 spiro atoms. The van der Waals surface area contributed by atoms with E-state index in [1.807, 2.05) is 0 Å². The Kier molecular flexibility index (Phi) is 11.7. The van der Waals surface area contributed by atoms with Crippen molar-refractivity contribution < 1.29 is 4.74 Å². The molecule has 0 aliphatic carbocycles. The molecule has 0 saturated carbocycles. The first-order chi connectivity index (χ1) is 11.3. The van der Waals surface area contributed by atoms with Crippen molar-refractivity contribution in [3.05, 3.63) is 29.3 Å². The van der Waals surface area contributed by atoms with Crippen molar-refractivity contribution in [3.63, 3.8) is 0 Å². The van der Waals surface area contributed by atoms with Crippen molar-refractivity contribution in [2.75, 3.05) is 6.61 Å². The van der Waals surface area contributed by atoms with Gasteiger partial charge in [-0.25, -0.2) is 0 Å². The first kappa shape index (κ1) is 20.1. The maximum absolute atomic E-state index is 5.91. The zero-order valence-electron chi connectivity index (χ0n) is 15.8. The van der Waals surface area contributed by atoms with E-state index in [1.54, 1.807) is 0 Å². The molecule has 0 amide bonds. The molecule has 132 valence electrons. The maximum atomic E-state index is 5.91. The molecule has 0 aliphatic rings. The molecule has 1 rings (SSSR count). The smallest absolute Gasteiger partial charge is 0.122 e. The molecule has 0 radical (unpaired) electrons. The van der Waals surface area contributed by atoms with Gasteiger partial charge in [0.2, 0.25) is 0 Å². The Labute approximate surface area is 144 Å². The van der Waals surface area contributed by atoms with E-state index < -0.39 is 0 Å². The average Bonchev–Trinajstić information content (AvgIpc) is 2.55. The lowest BCUT2D eigenvalue weighted by molar-refractivity contribution is 0.302. The monoisotopic (exact) mass is 318 g/mol. The molecule has 0 unspecified atom stereocenters. The molecule has 0 atom stereocenters. The van der Waals surface area contributed by atoms with E-state index in [0.29, 0.717) is 0 Å². The number of hydrogen-bond acceptors (Lipinski definition) is 1. The highest BCUT2D eigenvalue weighted by Gasteiger charge is 2.01. The summed E-state index contributed by atoms with van der Waals surface area (Å²) < 4.78 is 5.91. The highest BCUT2D eigenvalue weighted by atomic mass is 16.5. The standard InChI is InChI=1S/C22H38O/c1-4-5-6-7-8-9-10-11-12-13-14-15-19-23-22-18-16-17-20(2)21(22)3/h16-18H,4-15,19H2,1-3H3. The van der Waals surface area contributed by atoms with Gasteiger partial charge in [0.15, 0.2) is 0 Å². The van der Waals surface area contributed by atoms with E-state index >= 15 is 0 Å². The van der Waals surface area contributed by atoms with Crippen molar-refractivity contribution in [2.45, 2.75) is 97.8 Å². The molecule has 0 aromatic heterocycles. The van der Waals surface area contributed by atoms with Crippen LogP contribution in [0.15, 0.2) is 18.2 Å². The topological polar surface area (TPSA) is 9.23 Å². The number of unbranched alkanes of at least 4 members (excludes halogenated alkanes) is 11. The molecule has 1 aromatic rings. The predicted octanol–water partition coefficient (Wildman–Crippen LogP) is 7.38. The molecule has 0 N–H and O–H groups in total. The molecular formula is C22H38O. The van der Waals surface area contributed by atoms with Crippen LogP contribution in [0, 0.1) is 13.8 Å². The minimum atomic E-state index is 0.863. The molecule has 0 saturated heterocycles. The Morgan fingerprint density at radius 2 is 1.22 bits per heavy atom. The van der Waals surface area contributed by atoms with Gasteiger partial charge in [-0.1, -0.05) is 89.7 Å². The fraction of sp³-hybridized carbons (Fsp3) is 0.727. The van der Waals surface area contributed by atoms with Gasteiger partial charge in [-0.15, -0.1) is 0 Å². The van der Waals surface area contributed by atoms with Crippen LogP contribution in [0.2, 0.25) is 0 Å². The Morgan fingerprint density at radius 1 is 0.696 bits per heavy atom. The number of benzene rings is 1. The quantitative estimate of drug-likeness (QED) is 0.325. The Morgan fingerprint density at radius 3 is 1.78 bits per heavy atom. The van der Waals surface area contributed by atoms with E-state index in [9.17, 15) is 0 Å². The zero-order chi connectivity index (χ0) is 16.8. The first-order valence-electron chi connectivity index (χ1n) is 9.94. The Balaban J connectivity index is 1.87. The van der Waals surface area contributed by atoms with Gasteiger partial charge in [0.25, 0.3) is 0 Å². The number of hydrogen-bond donors (Lipinski definition) is 0. The number of ether oxygens (including phenoxy) is 1. The lowest BCUT2D eigenvalue weighted by Crippen LogP contribution is -1.99. The van der Waals surface area contributed by atoms with Crippen LogP contribution in [0.1, 0.15) is 95.1 Å². The van der Waals surface area contributed by atoms with Gasteiger partial charge in [-0.2, -0.15) is 0 Å². The summed E-state index contributed by atoms with van der Waals surface area (Å²) in [6, 6.07) is 6.31. The van der Waals surface area contributed by atoms with Crippen LogP contribution in [-0.2, 0) is 0 Å². The van der Waals surface area contributed by atoms with Gasteiger partial charge in [0.1, 0.15) is 5.75 Å². The van der Waals surface area contributed by atoms with Gasteiger partial charge in [-0.05, 0) is 37.5 Å². The minimum Gasteiger partial charge on any atom is -0.493 e. The summed E-state index contributed by atoms with van der Waals surface area (Å²) in [5, 5.41) is 0. The van der Waals surface area contributed by atoms with Crippen LogP contribution in [0.4, 0.5) is 0 Å². The highest BCUT2D eigenvalue weighted by Crippen LogP contribution is 2.21. The first-order valence-corrected chi connectivity index (χ1v) is 9.94. The third-order valence-corrected chi connectivity index (χ3v) is 4.81. The molecule has 0 aliphatic heterocycles. The molecular weight excluding hydrogens is 280 g/mol. The molecule has 0 bridgehead atoms. The van der Waals surface area contributed by atoms with Gasteiger partial charge in [0, 0.05) is 0 Å². The van der Waals surface area contributed by atoms with Crippen molar-refractivity contribution >= 4 is 0 Å². The fourth-order valence-electron chi connectivity index (χ4n) is 3.01. The van der Waals surface area contributed by atoms with Crippen LogP contribution in [0.3, 0.4) is 0 Å². The summed E-state index contributed by atoms with van der Waals surface area (Å²) in [5.41, 5.74) is 2.60. The highest BCUT2D eigenvalue weighted by molar-refractivity contribution is 5.38. The fourth-order valence-corrected chi connectivity index (χ4v) is 3.01. The largest absolute Gasteiger partial charge is 0.493 e. The summed E-state index contributed by atoms with van der Waals surface area (Å²) in [4.78, 5) is 0. The van der Waals surface area contributed by atoms with Crippen LogP contribution < -0.4 is 4.74 Å². The van der Waals surface area contributed by atoms with Crippen molar-refractivity contribution in [2.24, 2.45) is 0 Å². The second kappa shape index (κ2) is 13.5. The van der Waals surface area contributed by atoms with Crippen LogP contribution in [-0.4, -0.2) is 6.61 Å².